The molecule has 1 amide bonds. The molecule has 0 aromatic heterocycles. The first-order chi connectivity index (χ1) is 16.6. The molecule has 0 aromatic carbocycles. The van der Waals surface area contributed by atoms with E-state index in [1.54, 1.807) is 0 Å². The third-order valence-electron chi connectivity index (χ3n) is 5.58. The van der Waals surface area contributed by atoms with Crippen LogP contribution in [0.25, 0.3) is 0 Å². The van der Waals surface area contributed by atoms with Crippen molar-refractivity contribution in [2.24, 2.45) is 11.5 Å². The second-order valence-electron chi connectivity index (χ2n) is 9.05. The van der Waals surface area contributed by atoms with Crippen molar-refractivity contribution in [1.82, 2.24) is 10.6 Å². The lowest BCUT2D eigenvalue weighted by Crippen LogP contribution is -2.38. The van der Waals surface area contributed by atoms with Gasteiger partial charge in [-0.2, -0.15) is 0 Å². The standard InChI is InChI=1S/C19H37NO3.C6H14N4O2/c1-3-4-5-6-7-8-9-10-11-12-13-14-15-16-18(21)20-17(2)19(22)23;7-4(5(11)12)2-1-3-10-6(8)9/h17H,3-16H2,1-2H3,(H,20,21)(H,22,23);4H,1-3,7H2,(H,11,12)(H4,8,9,10)/t17-;4-/m00/s1. The number of guanidine groups is 1. The smallest absolute Gasteiger partial charge is 0.325 e. The zero-order valence-corrected chi connectivity index (χ0v) is 21.9. The van der Waals surface area contributed by atoms with Gasteiger partial charge >= 0.3 is 11.9 Å². The minimum Gasteiger partial charge on any atom is -0.480 e. The van der Waals surface area contributed by atoms with Gasteiger partial charge in [0.1, 0.15) is 12.1 Å². The van der Waals surface area contributed by atoms with E-state index in [4.69, 9.17) is 27.1 Å². The fourth-order valence-electron chi connectivity index (χ4n) is 3.35. The average molecular weight is 502 g/mol. The van der Waals surface area contributed by atoms with E-state index in [-0.39, 0.29) is 11.9 Å². The Bertz CT molecular complexity index is 574. The molecule has 2 atom stereocenters. The van der Waals surface area contributed by atoms with Crippen molar-refractivity contribution in [2.45, 2.75) is 129 Å². The number of carboxylic acids is 2. The van der Waals surface area contributed by atoms with Crippen LogP contribution in [0.15, 0.2) is 0 Å². The lowest BCUT2D eigenvalue weighted by atomic mass is 10.0. The summed E-state index contributed by atoms with van der Waals surface area (Å²) in [6, 6.07) is -1.61. The molecule has 0 unspecified atom stereocenters. The minimum absolute atomic E-state index is 0.112. The summed E-state index contributed by atoms with van der Waals surface area (Å²) in [5.41, 5.74) is 10.2. The molecule has 0 radical (unpaired) electrons. The molecule has 10 heteroatoms. The van der Waals surface area contributed by atoms with Crippen LogP contribution in [0.2, 0.25) is 0 Å². The molecule has 0 saturated carbocycles. The van der Waals surface area contributed by atoms with Crippen molar-refractivity contribution in [3.63, 3.8) is 0 Å². The molecule has 206 valence electrons. The van der Waals surface area contributed by atoms with Crippen LogP contribution in [0.4, 0.5) is 0 Å². The molecule has 0 spiro atoms. The highest BCUT2D eigenvalue weighted by molar-refractivity contribution is 5.83. The van der Waals surface area contributed by atoms with Crippen LogP contribution in [-0.4, -0.2) is 52.6 Å². The maximum absolute atomic E-state index is 11.5. The number of carbonyl (C=O) groups excluding carboxylic acids is 1. The molecular formula is C25H51N5O5. The first-order valence-electron chi connectivity index (χ1n) is 13.2. The molecule has 0 saturated heterocycles. The van der Waals surface area contributed by atoms with Gasteiger partial charge in [0.05, 0.1) is 0 Å². The van der Waals surface area contributed by atoms with Crippen molar-refractivity contribution in [1.29, 1.82) is 5.41 Å². The lowest BCUT2D eigenvalue weighted by molar-refractivity contribution is -0.141. The number of carboxylic acid groups (broad SMARTS) is 2. The van der Waals surface area contributed by atoms with E-state index in [1.165, 1.54) is 77.6 Å². The highest BCUT2D eigenvalue weighted by Gasteiger charge is 2.13. The first kappa shape index (κ1) is 34.8. The Hall–Kier alpha value is -2.36. The van der Waals surface area contributed by atoms with Crippen molar-refractivity contribution in [3.05, 3.63) is 0 Å². The maximum atomic E-state index is 11.5. The van der Waals surface area contributed by atoms with Crippen molar-refractivity contribution >= 4 is 23.8 Å². The molecular weight excluding hydrogens is 450 g/mol. The topological polar surface area (TPSA) is 192 Å². The summed E-state index contributed by atoms with van der Waals surface area (Å²) in [6.07, 6.45) is 18.0. The predicted octanol–water partition coefficient (Wildman–Crippen LogP) is 3.72. The van der Waals surface area contributed by atoms with Crippen molar-refractivity contribution in [2.75, 3.05) is 6.54 Å². The van der Waals surface area contributed by atoms with Crippen molar-refractivity contribution in [3.8, 4) is 0 Å². The molecule has 0 aliphatic carbocycles. The molecule has 0 fully saturated rings. The fraction of sp³-hybridized carbons (Fsp3) is 0.840. The van der Waals surface area contributed by atoms with E-state index < -0.39 is 24.0 Å². The quantitative estimate of drug-likeness (QED) is 0.0702. The second kappa shape index (κ2) is 24.8. The number of hydrogen-bond acceptors (Lipinski definition) is 5. The number of rotatable bonds is 21. The van der Waals surface area contributed by atoms with Crippen LogP contribution in [0.5, 0.6) is 0 Å². The summed E-state index contributed by atoms with van der Waals surface area (Å²) in [4.78, 5) is 32.3. The molecule has 0 aliphatic heterocycles. The van der Waals surface area contributed by atoms with Gasteiger partial charge in [0, 0.05) is 13.0 Å². The lowest BCUT2D eigenvalue weighted by Gasteiger charge is -2.08. The van der Waals surface area contributed by atoms with Gasteiger partial charge in [0.15, 0.2) is 5.96 Å². The number of unbranched alkanes of at least 4 members (excludes halogenated alkanes) is 12. The number of carbonyl (C=O) groups is 3. The monoisotopic (exact) mass is 501 g/mol. The summed E-state index contributed by atoms with van der Waals surface area (Å²) in [5, 5.41) is 28.9. The second-order valence-corrected chi connectivity index (χ2v) is 9.05. The summed E-state index contributed by atoms with van der Waals surface area (Å²) in [5.74, 6) is -2.25. The molecule has 10 nitrogen and oxygen atoms in total. The summed E-state index contributed by atoms with van der Waals surface area (Å²) < 4.78 is 0. The van der Waals surface area contributed by atoms with E-state index in [9.17, 15) is 14.4 Å². The normalized spacial score (nSPS) is 12.1. The number of aliphatic carboxylic acids is 2. The van der Waals surface area contributed by atoms with Crippen LogP contribution >= 0.6 is 0 Å². The van der Waals surface area contributed by atoms with Gasteiger partial charge in [-0.3, -0.25) is 19.8 Å². The Morgan fingerprint density at radius 2 is 1.26 bits per heavy atom. The van der Waals surface area contributed by atoms with E-state index >= 15 is 0 Å². The van der Waals surface area contributed by atoms with Gasteiger partial charge in [-0.15, -0.1) is 0 Å². The molecule has 0 bridgehead atoms. The largest absolute Gasteiger partial charge is 0.480 e. The van der Waals surface area contributed by atoms with Gasteiger partial charge in [-0.25, -0.2) is 0 Å². The van der Waals surface area contributed by atoms with Crippen LogP contribution in [0.3, 0.4) is 0 Å². The number of nitrogens with two attached hydrogens (primary N) is 2. The Balaban J connectivity index is 0. The van der Waals surface area contributed by atoms with E-state index in [1.807, 2.05) is 0 Å². The Morgan fingerprint density at radius 1 is 0.800 bits per heavy atom. The van der Waals surface area contributed by atoms with Gasteiger partial charge < -0.3 is 32.3 Å². The zero-order valence-electron chi connectivity index (χ0n) is 21.9. The number of hydrogen-bond donors (Lipinski definition) is 7. The number of nitrogens with one attached hydrogen (secondary N) is 3. The molecule has 0 rings (SSSR count). The third-order valence-corrected chi connectivity index (χ3v) is 5.58. The third kappa shape index (κ3) is 27.8. The SMILES string of the molecule is CCCCCCCCCCCCCCCC(=O)N[C@@H](C)C(=O)O.N=C(N)NCCC[C@H](N)C(=O)O. The Morgan fingerprint density at radius 3 is 1.66 bits per heavy atom. The van der Waals surface area contributed by atoms with Crippen molar-refractivity contribution < 1.29 is 24.6 Å². The van der Waals surface area contributed by atoms with E-state index in [2.05, 4.69) is 17.6 Å². The Kier molecular flexibility index (Phi) is 24.6. The van der Waals surface area contributed by atoms with Gasteiger partial charge in [-0.05, 0) is 26.2 Å². The minimum atomic E-state index is -1.00. The summed E-state index contributed by atoms with van der Waals surface area (Å²) >= 11 is 0. The molecule has 9 N–H and O–H groups in total. The van der Waals surface area contributed by atoms with Crippen LogP contribution < -0.4 is 22.1 Å². The first-order valence-corrected chi connectivity index (χ1v) is 13.2. The van der Waals surface area contributed by atoms with Gasteiger partial charge in [0.25, 0.3) is 0 Å². The highest BCUT2D eigenvalue weighted by Crippen LogP contribution is 2.12. The van der Waals surface area contributed by atoms with E-state index in [0.29, 0.717) is 25.8 Å². The molecule has 0 aromatic rings. The Labute approximate surface area is 211 Å². The van der Waals surface area contributed by atoms with Gasteiger partial charge in [-0.1, -0.05) is 84.0 Å². The van der Waals surface area contributed by atoms with Crippen LogP contribution in [0.1, 0.15) is 117 Å². The predicted molar refractivity (Wildman–Crippen MR) is 140 cm³/mol. The zero-order chi connectivity index (χ0) is 26.9. The van der Waals surface area contributed by atoms with Crippen LogP contribution in [-0.2, 0) is 14.4 Å². The number of amides is 1. The summed E-state index contributed by atoms with van der Waals surface area (Å²) in [6.45, 7) is 4.23. The maximum Gasteiger partial charge on any atom is 0.325 e. The molecule has 0 aliphatic rings. The molecule has 0 heterocycles. The van der Waals surface area contributed by atoms with Gasteiger partial charge in [0.2, 0.25) is 5.91 Å². The fourth-order valence-corrected chi connectivity index (χ4v) is 3.35. The highest BCUT2D eigenvalue weighted by atomic mass is 16.4. The van der Waals surface area contributed by atoms with Crippen LogP contribution in [0, 0.1) is 5.41 Å². The molecule has 35 heavy (non-hydrogen) atoms. The average Bonchev–Trinajstić information content (AvgIpc) is 2.79. The summed E-state index contributed by atoms with van der Waals surface area (Å²) in [7, 11) is 0. The van der Waals surface area contributed by atoms with E-state index in [0.717, 1.165) is 12.8 Å².